The lowest BCUT2D eigenvalue weighted by Crippen LogP contribution is -2.22. The van der Waals surface area contributed by atoms with Crippen molar-refractivity contribution in [3.8, 4) is 0 Å². The zero-order valence-electron chi connectivity index (χ0n) is 11.7. The van der Waals surface area contributed by atoms with Crippen molar-refractivity contribution in [2.24, 2.45) is 0 Å². The molecule has 0 bridgehead atoms. The van der Waals surface area contributed by atoms with Crippen LogP contribution < -0.4 is 5.32 Å². The number of carbonyl (C=O) groups excluding carboxylic acids is 1. The highest BCUT2D eigenvalue weighted by atomic mass is 19.1. The fraction of sp³-hybridized carbons (Fsp3) is 0.188. The number of hydrogen-bond acceptors (Lipinski definition) is 2. The Bertz CT molecular complexity index is 530. The van der Waals surface area contributed by atoms with Gasteiger partial charge in [-0.3, -0.25) is 0 Å². The van der Waals surface area contributed by atoms with Crippen LogP contribution >= 0.6 is 0 Å². The number of benzene rings is 1. The summed E-state index contributed by atoms with van der Waals surface area (Å²) in [7, 11) is 1.31. The first-order chi connectivity index (χ1) is 9.60. The van der Waals surface area contributed by atoms with Crippen LogP contribution in [0.4, 0.5) is 9.18 Å². The van der Waals surface area contributed by atoms with E-state index in [0.717, 1.165) is 11.1 Å². The van der Waals surface area contributed by atoms with Gasteiger partial charge in [0.25, 0.3) is 0 Å². The van der Waals surface area contributed by atoms with Crippen molar-refractivity contribution in [3.63, 3.8) is 0 Å². The van der Waals surface area contributed by atoms with Crippen molar-refractivity contribution in [3.05, 3.63) is 66.0 Å². The van der Waals surface area contributed by atoms with Gasteiger partial charge in [0.2, 0.25) is 0 Å². The third-order valence-corrected chi connectivity index (χ3v) is 2.70. The molecule has 3 nitrogen and oxygen atoms in total. The standard InChI is InChI=1S/C16H18FNO2/c1-4-13(10-15(17)5-2)14-8-6-12(7-9-14)11-18-16(19)20-3/h4-10H,1,11H2,2-3H3,(H,18,19)/b13-10+,15-5+. The van der Waals surface area contributed by atoms with Crippen molar-refractivity contribution in [1.29, 1.82) is 0 Å². The van der Waals surface area contributed by atoms with E-state index in [1.54, 1.807) is 13.0 Å². The second-order valence-corrected chi connectivity index (χ2v) is 4.02. The van der Waals surface area contributed by atoms with E-state index in [4.69, 9.17) is 0 Å². The topological polar surface area (TPSA) is 38.3 Å². The maximum Gasteiger partial charge on any atom is 0.407 e. The van der Waals surface area contributed by atoms with Gasteiger partial charge in [0, 0.05) is 6.54 Å². The fourth-order valence-corrected chi connectivity index (χ4v) is 1.55. The molecule has 0 spiro atoms. The van der Waals surface area contributed by atoms with Crippen molar-refractivity contribution in [2.45, 2.75) is 13.5 Å². The summed E-state index contributed by atoms with van der Waals surface area (Å²) in [6.45, 7) is 5.69. The summed E-state index contributed by atoms with van der Waals surface area (Å²) >= 11 is 0. The second-order valence-electron chi connectivity index (χ2n) is 4.02. The molecule has 20 heavy (non-hydrogen) atoms. The van der Waals surface area contributed by atoms with E-state index >= 15 is 0 Å². The number of ether oxygens (including phenoxy) is 1. The molecule has 0 saturated carbocycles. The maximum atomic E-state index is 13.3. The third kappa shape index (κ3) is 4.72. The van der Waals surface area contributed by atoms with Gasteiger partial charge in [-0.2, -0.15) is 0 Å². The van der Waals surface area contributed by atoms with Gasteiger partial charge in [-0.1, -0.05) is 43.0 Å². The lowest BCUT2D eigenvalue weighted by atomic mass is 10.0. The number of hydrogen-bond donors (Lipinski definition) is 1. The molecular formula is C16H18FNO2. The monoisotopic (exact) mass is 275 g/mol. The van der Waals surface area contributed by atoms with Crippen LogP contribution in [0.5, 0.6) is 0 Å². The molecule has 0 atom stereocenters. The molecule has 1 amide bonds. The summed E-state index contributed by atoms with van der Waals surface area (Å²) in [4.78, 5) is 11.0. The fourth-order valence-electron chi connectivity index (χ4n) is 1.55. The van der Waals surface area contributed by atoms with Crippen LogP contribution in [0, 0.1) is 0 Å². The van der Waals surface area contributed by atoms with E-state index in [1.807, 2.05) is 24.3 Å². The average molecular weight is 275 g/mol. The molecule has 0 fully saturated rings. The molecule has 0 aliphatic heterocycles. The van der Waals surface area contributed by atoms with Crippen molar-refractivity contribution in [2.75, 3.05) is 7.11 Å². The van der Waals surface area contributed by atoms with E-state index in [-0.39, 0.29) is 5.83 Å². The molecule has 1 rings (SSSR count). The second kappa shape index (κ2) is 7.94. The Kier molecular flexibility index (Phi) is 6.23. The number of methoxy groups -OCH3 is 1. The van der Waals surface area contributed by atoms with Crippen LogP contribution in [-0.4, -0.2) is 13.2 Å². The number of alkyl carbamates (subject to hydrolysis) is 1. The zero-order chi connectivity index (χ0) is 15.0. The smallest absolute Gasteiger partial charge is 0.407 e. The Labute approximate surface area is 118 Å². The molecule has 1 N–H and O–H groups in total. The summed E-state index contributed by atoms with van der Waals surface area (Å²) in [6.07, 6.45) is 3.94. The molecular weight excluding hydrogens is 257 g/mol. The van der Waals surface area contributed by atoms with Gasteiger partial charge >= 0.3 is 6.09 Å². The molecule has 0 aliphatic rings. The summed E-state index contributed by atoms with van der Waals surface area (Å²) < 4.78 is 17.7. The van der Waals surface area contributed by atoms with Crippen molar-refractivity contribution < 1.29 is 13.9 Å². The molecule has 0 saturated heterocycles. The normalized spacial score (nSPS) is 11.9. The van der Waals surface area contributed by atoms with Gasteiger partial charge < -0.3 is 10.1 Å². The van der Waals surface area contributed by atoms with Crippen LogP contribution in [-0.2, 0) is 11.3 Å². The number of carbonyl (C=O) groups is 1. The van der Waals surface area contributed by atoms with Crippen LogP contribution in [0.3, 0.4) is 0 Å². The number of rotatable bonds is 5. The zero-order valence-corrected chi connectivity index (χ0v) is 11.7. The molecule has 1 aromatic rings. The Morgan fingerprint density at radius 1 is 1.40 bits per heavy atom. The first kappa shape index (κ1) is 15.7. The number of nitrogens with one attached hydrogen (secondary N) is 1. The molecule has 4 heteroatoms. The van der Waals surface area contributed by atoms with Crippen LogP contribution in [0.1, 0.15) is 18.1 Å². The first-order valence-electron chi connectivity index (χ1n) is 6.17. The third-order valence-electron chi connectivity index (χ3n) is 2.70. The minimum Gasteiger partial charge on any atom is -0.453 e. The maximum absolute atomic E-state index is 13.3. The highest BCUT2D eigenvalue weighted by Crippen LogP contribution is 2.19. The van der Waals surface area contributed by atoms with Gasteiger partial charge in [0.15, 0.2) is 0 Å². The van der Waals surface area contributed by atoms with Crippen LogP contribution in [0.2, 0.25) is 0 Å². The molecule has 106 valence electrons. The number of amides is 1. The minimum atomic E-state index is -0.476. The molecule has 0 radical (unpaired) electrons. The highest BCUT2D eigenvalue weighted by molar-refractivity contribution is 5.75. The van der Waals surface area contributed by atoms with Crippen molar-refractivity contribution in [1.82, 2.24) is 5.32 Å². The van der Waals surface area contributed by atoms with Gasteiger partial charge in [-0.15, -0.1) is 0 Å². The first-order valence-corrected chi connectivity index (χ1v) is 6.17. The van der Waals surface area contributed by atoms with Gasteiger partial charge in [-0.05, 0) is 29.7 Å². The SMILES string of the molecule is C=C/C(=C\C(F)=C/C)c1ccc(CNC(=O)OC)cc1. The Hall–Kier alpha value is -2.36. The van der Waals surface area contributed by atoms with Crippen molar-refractivity contribution >= 4 is 11.7 Å². The highest BCUT2D eigenvalue weighted by Gasteiger charge is 2.02. The van der Waals surface area contributed by atoms with E-state index in [0.29, 0.717) is 12.1 Å². The summed E-state index contributed by atoms with van der Waals surface area (Å²) in [6, 6.07) is 7.42. The molecule has 1 aromatic carbocycles. The predicted molar refractivity (Wildman–Crippen MR) is 78.7 cm³/mol. The largest absolute Gasteiger partial charge is 0.453 e. The van der Waals surface area contributed by atoms with E-state index in [2.05, 4.69) is 16.6 Å². The Morgan fingerprint density at radius 2 is 2.05 bits per heavy atom. The molecule has 0 unspecified atom stereocenters. The molecule has 0 aromatic heterocycles. The predicted octanol–water partition coefficient (Wildman–Crippen LogP) is 3.99. The average Bonchev–Trinajstić information content (AvgIpc) is 2.50. The van der Waals surface area contributed by atoms with E-state index in [9.17, 15) is 9.18 Å². The Morgan fingerprint density at radius 3 is 2.55 bits per heavy atom. The number of allylic oxidation sites excluding steroid dienone is 5. The Balaban J connectivity index is 2.82. The summed E-state index contributed by atoms with van der Waals surface area (Å²) in [5.74, 6) is -0.309. The lowest BCUT2D eigenvalue weighted by molar-refractivity contribution is 0.170. The number of halogens is 1. The minimum absolute atomic E-state index is 0.309. The van der Waals surface area contributed by atoms with E-state index in [1.165, 1.54) is 19.3 Å². The van der Waals surface area contributed by atoms with Gasteiger partial charge in [0.05, 0.1) is 7.11 Å². The molecule has 0 aliphatic carbocycles. The van der Waals surface area contributed by atoms with Crippen LogP contribution in [0.15, 0.2) is 54.9 Å². The lowest BCUT2D eigenvalue weighted by Gasteiger charge is -2.06. The molecule has 0 heterocycles. The van der Waals surface area contributed by atoms with E-state index < -0.39 is 6.09 Å². The van der Waals surface area contributed by atoms with Gasteiger partial charge in [-0.25, -0.2) is 9.18 Å². The quantitative estimate of drug-likeness (QED) is 0.825. The van der Waals surface area contributed by atoms with Crippen LogP contribution in [0.25, 0.3) is 5.57 Å². The summed E-state index contributed by atoms with van der Waals surface area (Å²) in [5, 5.41) is 2.59. The van der Waals surface area contributed by atoms with Gasteiger partial charge in [0.1, 0.15) is 5.83 Å². The summed E-state index contributed by atoms with van der Waals surface area (Å²) in [5.41, 5.74) is 2.49.